The summed E-state index contributed by atoms with van der Waals surface area (Å²) < 4.78 is 19.0. The molecule has 2 fully saturated rings. The van der Waals surface area contributed by atoms with Crippen LogP contribution in [0.3, 0.4) is 0 Å². The molecule has 0 aliphatic heterocycles. The van der Waals surface area contributed by atoms with Gasteiger partial charge >= 0.3 is 0 Å². The van der Waals surface area contributed by atoms with Crippen molar-refractivity contribution in [3.8, 4) is 0 Å². The number of hydrogen-bond acceptors (Lipinski definition) is 6. The summed E-state index contributed by atoms with van der Waals surface area (Å²) in [4.78, 5) is 26.0. The maximum absolute atomic E-state index is 13.5. The molecule has 4 N–H and O–H groups in total. The van der Waals surface area contributed by atoms with Crippen LogP contribution >= 0.6 is 23.1 Å². The van der Waals surface area contributed by atoms with E-state index >= 15 is 0 Å². The van der Waals surface area contributed by atoms with E-state index in [4.69, 9.17) is 17.3 Å². The van der Waals surface area contributed by atoms with Gasteiger partial charge in [-0.05, 0) is 79.2 Å². The highest BCUT2D eigenvalue weighted by Crippen LogP contribution is 2.52. The van der Waals surface area contributed by atoms with Gasteiger partial charge in [0.25, 0.3) is 11.8 Å². The predicted molar refractivity (Wildman–Crippen MR) is 133 cm³/mol. The smallest absolute Gasteiger partial charge is 0.262 e. The van der Waals surface area contributed by atoms with E-state index in [0.29, 0.717) is 51.9 Å². The van der Waals surface area contributed by atoms with E-state index in [-0.39, 0.29) is 22.8 Å². The number of fused-ring (bicyclic) bond motifs is 1. The Balaban J connectivity index is 1.23. The second-order valence-electron chi connectivity index (χ2n) is 9.46. The van der Waals surface area contributed by atoms with Crippen molar-refractivity contribution in [2.75, 3.05) is 17.6 Å². The Morgan fingerprint density at radius 3 is 2.60 bits per heavy atom. The third kappa shape index (κ3) is 4.77. The predicted octanol–water partition coefficient (Wildman–Crippen LogP) is 4.45. The van der Waals surface area contributed by atoms with E-state index in [2.05, 4.69) is 20.1 Å². The van der Waals surface area contributed by atoms with Gasteiger partial charge < -0.3 is 16.4 Å². The molecule has 0 radical (unpaired) electrons. The molecule has 2 aromatic heterocycles. The van der Waals surface area contributed by atoms with Crippen LogP contribution in [0.5, 0.6) is 0 Å². The Labute approximate surface area is 211 Å². The number of nitrogens with two attached hydrogens (primary N) is 1. The molecule has 2 atom stereocenters. The molecule has 5 rings (SSSR count). The number of nitrogens with one attached hydrogen (secondary N) is 2. The number of nitrogens with zero attached hydrogens (tertiary/aromatic N) is 3. The molecule has 11 heteroatoms. The number of anilines is 2. The highest BCUT2D eigenvalue weighted by molar-refractivity contribution is 7.08. The normalized spacial score (nSPS) is 23.3. The van der Waals surface area contributed by atoms with Crippen LogP contribution in [-0.4, -0.2) is 32.5 Å². The zero-order valence-corrected chi connectivity index (χ0v) is 20.7. The summed E-state index contributed by atoms with van der Waals surface area (Å²) in [7, 11) is 1.72. The lowest BCUT2D eigenvalue weighted by molar-refractivity contribution is 0.0950. The minimum Gasteiger partial charge on any atom is -0.383 e. The molecule has 2 aliphatic rings. The lowest BCUT2D eigenvalue weighted by Crippen LogP contribution is -2.28. The third-order valence-electron chi connectivity index (χ3n) is 7.24. The molecule has 2 heterocycles. The van der Waals surface area contributed by atoms with Gasteiger partial charge in [0.05, 0.1) is 10.7 Å². The topological polar surface area (TPSA) is 115 Å². The minimum atomic E-state index is -0.551. The number of rotatable bonds is 6. The summed E-state index contributed by atoms with van der Waals surface area (Å²) in [6, 6.07) is 5.76. The minimum absolute atomic E-state index is 0.0653. The monoisotopic (exact) mass is 516 g/mol. The molecule has 1 aromatic carbocycles. The summed E-state index contributed by atoms with van der Waals surface area (Å²) in [5.41, 5.74) is 7.70. The van der Waals surface area contributed by atoms with Gasteiger partial charge in [-0.3, -0.25) is 14.3 Å². The summed E-state index contributed by atoms with van der Waals surface area (Å²) in [6.45, 7) is 0.665. The zero-order valence-electron chi connectivity index (χ0n) is 19.1. The Hall–Kier alpha value is -2.98. The Bertz CT molecular complexity index is 1250. The van der Waals surface area contributed by atoms with Crippen LogP contribution < -0.4 is 16.4 Å². The fourth-order valence-corrected chi connectivity index (χ4v) is 6.33. The van der Waals surface area contributed by atoms with Gasteiger partial charge in [-0.15, -0.1) is 0 Å². The molecule has 0 bridgehead atoms. The van der Waals surface area contributed by atoms with Crippen molar-refractivity contribution in [2.24, 2.45) is 24.8 Å². The van der Waals surface area contributed by atoms with Gasteiger partial charge in [-0.1, -0.05) is 11.6 Å². The van der Waals surface area contributed by atoms with Crippen LogP contribution in [0.15, 0.2) is 30.5 Å². The van der Waals surface area contributed by atoms with Crippen molar-refractivity contribution in [3.05, 3.63) is 57.4 Å². The largest absolute Gasteiger partial charge is 0.383 e. The van der Waals surface area contributed by atoms with Crippen molar-refractivity contribution in [2.45, 2.75) is 31.6 Å². The van der Waals surface area contributed by atoms with E-state index < -0.39 is 5.82 Å². The van der Waals surface area contributed by atoms with Crippen molar-refractivity contribution < 1.29 is 14.0 Å². The molecule has 8 nitrogen and oxygen atoms in total. The number of nitrogen functional groups attached to an aromatic ring is 1. The van der Waals surface area contributed by atoms with Gasteiger partial charge in [0.2, 0.25) is 0 Å². The van der Waals surface area contributed by atoms with Gasteiger partial charge in [-0.2, -0.15) is 5.10 Å². The molecule has 0 saturated heterocycles. The first-order valence-corrected chi connectivity index (χ1v) is 12.7. The quantitative estimate of drug-likeness (QED) is 0.447. The van der Waals surface area contributed by atoms with Crippen molar-refractivity contribution in [1.82, 2.24) is 19.5 Å². The van der Waals surface area contributed by atoms with E-state index in [9.17, 15) is 14.0 Å². The first kappa shape index (κ1) is 23.7. The van der Waals surface area contributed by atoms with E-state index in [0.717, 1.165) is 25.7 Å². The molecule has 2 unspecified atom stereocenters. The molecule has 3 aromatic rings. The number of carbonyl (C=O) groups is 2. The SMILES string of the molecule is Cn1nc(C2CC3CC(CNC(=O)c4ccns4)CC3C2)c(C(=O)Nc2ccc(F)c(Cl)c2)c1N. The number of hydrogen-bond donors (Lipinski definition) is 3. The zero-order chi connectivity index (χ0) is 24.7. The van der Waals surface area contributed by atoms with Crippen LogP contribution in [-0.2, 0) is 7.05 Å². The summed E-state index contributed by atoms with van der Waals surface area (Å²) >= 11 is 7.05. The molecular weight excluding hydrogens is 491 g/mol. The van der Waals surface area contributed by atoms with Crippen LogP contribution in [0.2, 0.25) is 5.02 Å². The highest BCUT2D eigenvalue weighted by Gasteiger charge is 2.44. The standard InChI is InChI=1S/C24H26ClFN6O2S/c1-32-22(27)20(24(34)30-16-2-3-18(26)17(25)10-16)21(31-32)15-8-13-6-12(7-14(13)9-15)11-28-23(33)19-4-5-29-35-19/h2-5,10,12-15H,6-9,11,27H2,1H3,(H,28,33)(H,30,34). The number of benzene rings is 1. The molecule has 35 heavy (non-hydrogen) atoms. The number of aromatic nitrogens is 3. The number of amides is 2. The highest BCUT2D eigenvalue weighted by atomic mass is 35.5. The van der Waals surface area contributed by atoms with Gasteiger partial charge in [-0.25, -0.2) is 8.76 Å². The summed E-state index contributed by atoms with van der Waals surface area (Å²) in [6.07, 6.45) is 5.59. The number of halogens is 2. The van der Waals surface area contributed by atoms with Crippen LogP contribution in [0.25, 0.3) is 0 Å². The van der Waals surface area contributed by atoms with Crippen molar-refractivity contribution >= 4 is 46.5 Å². The number of aryl methyl sites for hydroxylation is 1. The summed E-state index contributed by atoms with van der Waals surface area (Å²) in [5, 5.41) is 10.3. The molecule has 2 aliphatic carbocycles. The van der Waals surface area contributed by atoms with Gasteiger partial charge in [0.15, 0.2) is 0 Å². The molecule has 2 amide bonds. The lowest BCUT2D eigenvalue weighted by atomic mass is 9.93. The maximum Gasteiger partial charge on any atom is 0.262 e. The molecule has 184 valence electrons. The van der Waals surface area contributed by atoms with Crippen molar-refractivity contribution in [1.29, 1.82) is 0 Å². The Morgan fingerprint density at radius 1 is 1.20 bits per heavy atom. The molecule has 0 spiro atoms. The van der Waals surface area contributed by atoms with E-state index in [1.165, 1.54) is 34.4 Å². The summed E-state index contributed by atoms with van der Waals surface area (Å²) in [5.74, 6) is 0.942. The fraction of sp³-hybridized carbons (Fsp3) is 0.417. The third-order valence-corrected chi connectivity index (χ3v) is 8.27. The van der Waals surface area contributed by atoms with Crippen molar-refractivity contribution in [3.63, 3.8) is 0 Å². The average molecular weight is 517 g/mol. The van der Waals surface area contributed by atoms with Gasteiger partial charge in [0, 0.05) is 31.4 Å². The lowest BCUT2D eigenvalue weighted by Gasteiger charge is -2.15. The maximum atomic E-state index is 13.5. The molecule has 2 saturated carbocycles. The number of carbonyl (C=O) groups excluding carboxylic acids is 2. The average Bonchev–Trinajstić information content (AvgIpc) is 3.59. The second kappa shape index (κ2) is 9.58. The van der Waals surface area contributed by atoms with Crippen LogP contribution in [0.1, 0.15) is 57.3 Å². The Kier molecular flexibility index (Phi) is 6.50. The van der Waals surface area contributed by atoms with Gasteiger partial charge in [0.1, 0.15) is 22.1 Å². The first-order chi connectivity index (χ1) is 16.8. The first-order valence-electron chi connectivity index (χ1n) is 11.6. The fourth-order valence-electron chi connectivity index (χ4n) is 5.63. The van der Waals surface area contributed by atoms with Crippen LogP contribution in [0.4, 0.5) is 15.9 Å². The molecular formula is C24H26ClFN6O2S. The van der Waals surface area contributed by atoms with E-state index in [1.54, 1.807) is 19.3 Å². The second-order valence-corrected chi connectivity index (χ2v) is 10.7. The Morgan fingerprint density at radius 2 is 1.94 bits per heavy atom. The van der Waals surface area contributed by atoms with Crippen LogP contribution in [0, 0.1) is 23.6 Å². The van der Waals surface area contributed by atoms with E-state index in [1.807, 2.05) is 0 Å².